The SMILES string of the molecule is CCn1c(=O)cc(C(=O)O)c2ccccc21. The van der Waals surface area contributed by atoms with Crippen molar-refractivity contribution in [2.75, 3.05) is 0 Å². The highest BCUT2D eigenvalue weighted by Crippen LogP contribution is 2.16. The van der Waals surface area contributed by atoms with Crippen LogP contribution in [0, 0.1) is 0 Å². The Morgan fingerprint density at radius 3 is 2.69 bits per heavy atom. The highest BCUT2D eigenvalue weighted by atomic mass is 16.4. The van der Waals surface area contributed by atoms with Gasteiger partial charge in [0.25, 0.3) is 5.56 Å². The van der Waals surface area contributed by atoms with E-state index in [1.165, 1.54) is 6.07 Å². The van der Waals surface area contributed by atoms with Crippen molar-refractivity contribution >= 4 is 16.9 Å². The second-order valence-corrected chi connectivity index (χ2v) is 3.46. The predicted octanol–water partition coefficient (Wildman–Crippen LogP) is 1.72. The fraction of sp³-hybridized carbons (Fsp3) is 0.167. The Morgan fingerprint density at radius 1 is 1.38 bits per heavy atom. The highest BCUT2D eigenvalue weighted by molar-refractivity contribution is 6.02. The average molecular weight is 217 g/mol. The molecule has 0 aliphatic heterocycles. The summed E-state index contributed by atoms with van der Waals surface area (Å²) in [6.45, 7) is 2.38. The zero-order valence-corrected chi connectivity index (χ0v) is 8.80. The van der Waals surface area contributed by atoms with E-state index in [0.717, 1.165) is 0 Å². The molecule has 1 aromatic carbocycles. The average Bonchev–Trinajstić information content (AvgIpc) is 2.28. The number of carboxylic acid groups (broad SMARTS) is 1. The number of aryl methyl sites for hydroxylation is 1. The van der Waals surface area contributed by atoms with Gasteiger partial charge in [-0.15, -0.1) is 0 Å². The number of para-hydroxylation sites is 1. The Kier molecular flexibility index (Phi) is 2.48. The van der Waals surface area contributed by atoms with Crippen molar-refractivity contribution in [2.24, 2.45) is 0 Å². The molecule has 1 N–H and O–H groups in total. The summed E-state index contributed by atoms with van der Waals surface area (Å²) in [5.74, 6) is -1.07. The Balaban J connectivity index is 2.97. The maximum Gasteiger partial charge on any atom is 0.336 e. The van der Waals surface area contributed by atoms with E-state index in [4.69, 9.17) is 5.11 Å². The third-order valence-electron chi connectivity index (χ3n) is 2.57. The second kappa shape index (κ2) is 3.81. The number of aromatic nitrogens is 1. The Bertz CT molecular complexity index is 613. The van der Waals surface area contributed by atoms with Gasteiger partial charge >= 0.3 is 5.97 Å². The minimum atomic E-state index is -1.07. The van der Waals surface area contributed by atoms with E-state index >= 15 is 0 Å². The summed E-state index contributed by atoms with van der Waals surface area (Å²) in [5, 5.41) is 9.62. The maximum atomic E-state index is 11.7. The van der Waals surface area contributed by atoms with Crippen molar-refractivity contribution in [1.82, 2.24) is 4.57 Å². The van der Waals surface area contributed by atoms with Crippen LogP contribution in [0.25, 0.3) is 10.9 Å². The molecule has 0 bridgehead atoms. The molecule has 4 nitrogen and oxygen atoms in total. The summed E-state index contributed by atoms with van der Waals surface area (Å²) in [6, 6.07) is 8.20. The zero-order valence-electron chi connectivity index (χ0n) is 8.80. The van der Waals surface area contributed by atoms with Gasteiger partial charge in [-0.05, 0) is 13.0 Å². The first kappa shape index (κ1) is 10.4. The molecule has 0 radical (unpaired) electrons. The summed E-state index contributed by atoms with van der Waals surface area (Å²) in [6.07, 6.45) is 0. The molecule has 0 spiro atoms. The third-order valence-corrected chi connectivity index (χ3v) is 2.57. The van der Waals surface area contributed by atoms with Gasteiger partial charge in [0, 0.05) is 18.0 Å². The van der Waals surface area contributed by atoms with Gasteiger partial charge in [0.05, 0.1) is 11.1 Å². The normalized spacial score (nSPS) is 10.6. The number of carboxylic acids is 1. The number of pyridine rings is 1. The molecule has 1 aromatic heterocycles. The summed E-state index contributed by atoms with van der Waals surface area (Å²) >= 11 is 0. The number of nitrogens with zero attached hydrogens (tertiary/aromatic N) is 1. The summed E-state index contributed by atoms with van der Waals surface area (Å²) in [5.41, 5.74) is 0.443. The van der Waals surface area contributed by atoms with Crippen LogP contribution < -0.4 is 5.56 Å². The van der Waals surface area contributed by atoms with Crippen LogP contribution in [0.1, 0.15) is 17.3 Å². The van der Waals surface area contributed by atoms with Crippen molar-refractivity contribution in [3.8, 4) is 0 Å². The molecule has 1 heterocycles. The Labute approximate surface area is 91.8 Å². The molecule has 0 saturated heterocycles. The number of carbonyl (C=O) groups is 1. The van der Waals surface area contributed by atoms with E-state index in [1.54, 1.807) is 28.8 Å². The lowest BCUT2D eigenvalue weighted by atomic mass is 10.1. The van der Waals surface area contributed by atoms with Gasteiger partial charge in [-0.3, -0.25) is 4.79 Å². The molecular formula is C12H11NO3. The van der Waals surface area contributed by atoms with Crippen molar-refractivity contribution in [2.45, 2.75) is 13.5 Å². The number of benzene rings is 1. The van der Waals surface area contributed by atoms with Crippen molar-refractivity contribution < 1.29 is 9.90 Å². The predicted molar refractivity (Wildman–Crippen MR) is 60.8 cm³/mol. The minimum Gasteiger partial charge on any atom is -0.478 e. The largest absolute Gasteiger partial charge is 0.478 e. The van der Waals surface area contributed by atoms with E-state index in [2.05, 4.69) is 0 Å². The van der Waals surface area contributed by atoms with E-state index in [0.29, 0.717) is 17.4 Å². The fourth-order valence-electron chi connectivity index (χ4n) is 1.84. The lowest BCUT2D eigenvalue weighted by Crippen LogP contribution is -2.21. The van der Waals surface area contributed by atoms with Crippen LogP contribution in [0.3, 0.4) is 0 Å². The molecule has 0 unspecified atom stereocenters. The lowest BCUT2D eigenvalue weighted by molar-refractivity contribution is 0.0698. The van der Waals surface area contributed by atoms with Crippen LogP contribution in [0.15, 0.2) is 35.1 Å². The van der Waals surface area contributed by atoms with Gasteiger partial charge in [0.15, 0.2) is 0 Å². The molecule has 0 aliphatic rings. The highest BCUT2D eigenvalue weighted by Gasteiger charge is 2.12. The van der Waals surface area contributed by atoms with E-state index < -0.39 is 5.97 Å². The molecule has 82 valence electrons. The number of rotatable bonds is 2. The molecule has 2 aromatic rings. The van der Waals surface area contributed by atoms with Crippen LogP contribution in [-0.4, -0.2) is 15.6 Å². The quantitative estimate of drug-likeness (QED) is 0.833. The molecule has 0 amide bonds. The molecule has 0 fully saturated rings. The van der Waals surface area contributed by atoms with Gasteiger partial charge < -0.3 is 9.67 Å². The molecule has 4 heteroatoms. The smallest absolute Gasteiger partial charge is 0.336 e. The van der Waals surface area contributed by atoms with E-state index in [9.17, 15) is 9.59 Å². The molecule has 16 heavy (non-hydrogen) atoms. The number of hydrogen-bond donors (Lipinski definition) is 1. The van der Waals surface area contributed by atoms with Gasteiger partial charge in [0.1, 0.15) is 0 Å². The molecule has 0 aliphatic carbocycles. The van der Waals surface area contributed by atoms with Gasteiger partial charge in [0.2, 0.25) is 0 Å². The van der Waals surface area contributed by atoms with Crippen LogP contribution >= 0.6 is 0 Å². The third kappa shape index (κ3) is 1.48. The van der Waals surface area contributed by atoms with Crippen LogP contribution in [0.2, 0.25) is 0 Å². The van der Waals surface area contributed by atoms with Crippen LogP contribution in [0.4, 0.5) is 0 Å². The Morgan fingerprint density at radius 2 is 2.06 bits per heavy atom. The van der Waals surface area contributed by atoms with Crippen LogP contribution in [-0.2, 0) is 6.54 Å². The molecule has 0 atom stereocenters. The monoisotopic (exact) mass is 217 g/mol. The first-order valence-corrected chi connectivity index (χ1v) is 5.01. The molecule has 2 rings (SSSR count). The first-order valence-electron chi connectivity index (χ1n) is 5.01. The topological polar surface area (TPSA) is 59.3 Å². The lowest BCUT2D eigenvalue weighted by Gasteiger charge is -2.09. The summed E-state index contributed by atoms with van der Waals surface area (Å²) in [4.78, 5) is 22.7. The van der Waals surface area contributed by atoms with Crippen molar-refractivity contribution in [3.05, 3.63) is 46.2 Å². The first-order chi connectivity index (χ1) is 7.65. The Hall–Kier alpha value is -2.10. The van der Waals surface area contributed by atoms with Crippen molar-refractivity contribution in [3.63, 3.8) is 0 Å². The standard InChI is InChI=1S/C12H11NO3/c1-2-13-10-6-4-3-5-8(10)9(12(15)16)7-11(13)14/h3-7H,2H2,1H3,(H,15,16). The van der Waals surface area contributed by atoms with Crippen molar-refractivity contribution in [1.29, 1.82) is 0 Å². The van der Waals surface area contributed by atoms with Gasteiger partial charge in [-0.1, -0.05) is 18.2 Å². The maximum absolute atomic E-state index is 11.7. The van der Waals surface area contributed by atoms with E-state index in [1.807, 2.05) is 6.92 Å². The summed E-state index contributed by atoms with van der Waals surface area (Å²) < 4.78 is 1.56. The van der Waals surface area contributed by atoms with Crippen LogP contribution in [0.5, 0.6) is 0 Å². The minimum absolute atomic E-state index is 0.0605. The second-order valence-electron chi connectivity index (χ2n) is 3.46. The van der Waals surface area contributed by atoms with E-state index in [-0.39, 0.29) is 11.1 Å². The summed E-state index contributed by atoms with van der Waals surface area (Å²) in [7, 11) is 0. The number of hydrogen-bond acceptors (Lipinski definition) is 2. The van der Waals surface area contributed by atoms with Gasteiger partial charge in [-0.2, -0.15) is 0 Å². The van der Waals surface area contributed by atoms with Gasteiger partial charge in [-0.25, -0.2) is 4.79 Å². The zero-order chi connectivity index (χ0) is 11.7. The number of aromatic carboxylic acids is 1. The molecular weight excluding hydrogens is 206 g/mol. The number of fused-ring (bicyclic) bond motifs is 1. The fourth-order valence-corrected chi connectivity index (χ4v) is 1.84. The molecule has 0 saturated carbocycles.